The summed E-state index contributed by atoms with van der Waals surface area (Å²) in [5, 5.41) is 4.90. The van der Waals surface area contributed by atoms with Crippen LogP contribution in [0.25, 0.3) is 21.1 Å². The largest absolute Gasteiger partial charge is 0.462 e. The number of aromatic nitrogens is 3. The first-order valence-corrected chi connectivity index (χ1v) is 10.4. The van der Waals surface area contributed by atoms with Crippen molar-refractivity contribution in [3.8, 4) is 0 Å². The maximum atomic E-state index is 12.6. The van der Waals surface area contributed by atoms with Gasteiger partial charge in [0, 0.05) is 16.5 Å². The molecule has 0 aliphatic heterocycles. The van der Waals surface area contributed by atoms with E-state index in [-0.39, 0.29) is 5.97 Å². The number of fused-ring (bicyclic) bond motifs is 2. The molecule has 27 heavy (non-hydrogen) atoms. The molecule has 0 aliphatic rings. The number of thiophene rings is 1. The Hall–Kier alpha value is -2.51. The predicted molar refractivity (Wildman–Crippen MR) is 109 cm³/mol. The van der Waals surface area contributed by atoms with Crippen molar-refractivity contribution in [2.75, 3.05) is 6.61 Å². The summed E-state index contributed by atoms with van der Waals surface area (Å²) in [6.45, 7) is 4.09. The lowest BCUT2D eigenvalue weighted by atomic mass is 10.0. The van der Waals surface area contributed by atoms with Gasteiger partial charge in [-0.3, -0.25) is 4.98 Å². The first-order valence-electron chi connectivity index (χ1n) is 8.55. The number of nitrogens with zero attached hydrogens (tertiary/aromatic N) is 3. The number of esters is 1. The molecule has 4 rings (SSSR count). The Labute approximate surface area is 164 Å². The Kier molecular flexibility index (Phi) is 5.05. The first kappa shape index (κ1) is 17.9. The summed E-state index contributed by atoms with van der Waals surface area (Å²) < 4.78 is 5.30. The minimum Gasteiger partial charge on any atom is -0.462 e. The number of pyridine rings is 1. The van der Waals surface area contributed by atoms with Crippen molar-refractivity contribution in [2.45, 2.75) is 24.6 Å². The summed E-state index contributed by atoms with van der Waals surface area (Å²) in [6, 6.07) is 9.88. The number of carbonyl (C=O) groups is 1. The monoisotopic (exact) mass is 395 g/mol. The van der Waals surface area contributed by atoms with Crippen molar-refractivity contribution < 1.29 is 9.53 Å². The molecule has 0 radical (unpaired) electrons. The van der Waals surface area contributed by atoms with E-state index in [1.54, 1.807) is 29.4 Å². The van der Waals surface area contributed by atoms with E-state index in [4.69, 9.17) is 9.72 Å². The summed E-state index contributed by atoms with van der Waals surface area (Å²) in [5.41, 5.74) is 3.05. The Balaban J connectivity index is 1.76. The van der Waals surface area contributed by atoms with Gasteiger partial charge in [0.1, 0.15) is 16.2 Å². The number of aryl methyl sites for hydroxylation is 1. The molecule has 0 amide bonds. The number of thioether (sulfide) groups is 1. The van der Waals surface area contributed by atoms with E-state index in [0.29, 0.717) is 17.9 Å². The van der Waals surface area contributed by atoms with Gasteiger partial charge in [-0.05, 0) is 36.9 Å². The van der Waals surface area contributed by atoms with Gasteiger partial charge in [-0.1, -0.05) is 30.0 Å². The van der Waals surface area contributed by atoms with E-state index in [1.165, 1.54) is 0 Å². The van der Waals surface area contributed by atoms with Crippen LogP contribution in [0.2, 0.25) is 0 Å². The summed E-state index contributed by atoms with van der Waals surface area (Å²) in [5.74, 6) is 0.203. The molecule has 0 saturated heterocycles. The van der Waals surface area contributed by atoms with Crippen LogP contribution in [-0.4, -0.2) is 27.5 Å². The molecule has 3 heterocycles. The molecule has 0 atom stereocenters. The molecule has 1 aromatic carbocycles. The lowest BCUT2D eigenvalue weighted by Crippen LogP contribution is -2.12. The second-order valence-corrected chi connectivity index (χ2v) is 7.76. The van der Waals surface area contributed by atoms with Crippen molar-refractivity contribution in [1.29, 1.82) is 0 Å². The van der Waals surface area contributed by atoms with Crippen LogP contribution in [-0.2, 0) is 10.5 Å². The van der Waals surface area contributed by atoms with Gasteiger partial charge in [0.2, 0.25) is 0 Å². The van der Waals surface area contributed by atoms with Crippen LogP contribution in [0, 0.1) is 6.92 Å². The molecule has 0 aliphatic carbocycles. The molecule has 0 spiro atoms. The molecule has 0 unspecified atom stereocenters. The number of benzene rings is 1. The SMILES string of the molecule is CCOC(=O)c1c(CSc2ncnc3sccc23)nc2ccccc2c1C. The van der Waals surface area contributed by atoms with Crippen molar-refractivity contribution in [2.24, 2.45) is 0 Å². The number of carbonyl (C=O) groups excluding carboxylic acids is 1. The molecule has 136 valence electrons. The normalized spacial score (nSPS) is 11.2. The zero-order valence-electron chi connectivity index (χ0n) is 14.9. The van der Waals surface area contributed by atoms with E-state index in [1.807, 2.05) is 49.6 Å². The first-order chi connectivity index (χ1) is 13.2. The molecule has 0 bridgehead atoms. The summed E-state index contributed by atoms with van der Waals surface area (Å²) in [7, 11) is 0. The van der Waals surface area contributed by atoms with Gasteiger partial charge in [0.05, 0.1) is 23.4 Å². The van der Waals surface area contributed by atoms with Gasteiger partial charge in [0.25, 0.3) is 0 Å². The van der Waals surface area contributed by atoms with Crippen molar-refractivity contribution in [1.82, 2.24) is 15.0 Å². The quantitative estimate of drug-likeness (QED) is 0.269. The third kappa shape index (κ3) is 3.40. The van der Waals surface area contributed by atoms with Crippen LogP contribution in [0.4, 0.5) is 0 Å². The third-order valence-corrected chi connectivity index (χ3v) is 6.11. The van der Waals surface area contributed by atoms with Crippen molar-refractivity contribution in [3.63, 3.8) is 0 Å². The highest BCUT2D eigenvalue weighted by atomic mass is 32.2. The van der Waals surface area contributed by atoms with Crippen LogP contribution in [0.1, 0.15) is 28.5 Å². The van der Waals surface area contributed by atoms with Gasteiger partial charge < -0.3 is 4.74 Å². The molecule has 3 aromatic heterocycles. The fourth-order valence-electron chi connectivity index (χ4n) is 3.04. The number of hydrogen-bond donors (Lipinski definition) is 0. The summed E-state index contributed by atoms with van der Waals surface area (Å²) in [4.78, 5) is 27.0. The smallest absolute Gasteiger partial charge is 0.340 e. The zero-order chi connectivity index (χ0) is 18.8. The third-order valence-electron chi connectivity index (χ3n) is 4.28. The standard InChI is InChI=1S/C20H17N3O2S2/c1-3-25-20(24)17-12(2)13-6-4-5-7-15(13)23-16(17)10-27-19-14-8-9-26-18(14)21-11-22-19/h4-9,11H,3,10H2,1-2H3. The highest BCUT2D eigenvalue weighted by Crippen LogP contribution is 2.32. The Morgan fingerprint density at radius 3 is 2.89 bits per heavy atom. The highest BCUT2D eigenvalue weighted by molar-refractivity contribution is 7.98. The molecule has 0 fully saturated rings. The average Bonchev–Trinajstić information content (AvgIpc) is 3.16. The highest BCUT2D eigenvalue weighted by Gasteiger charge is 2.20. The molecule has 0 saturated carbocycles. The van der Waals surface area contributed by atoms with E-state index in [2.05, 4.69) is 9.97 Å². The van der Waals surface area contributed by atoms with Crippen molar-refractivity contribution >= 4 is 50.2 Å². The zero-order valence-corrected chi connectivity index (χ0v) is 16.6. The molecular formula is C20H17N3O2S2. The van der Waals surface area contributed by atoms with Crippen LogP contribution < -0.4 is 0 Å². The number of hydrogen-bond acceptors (Lipinski definition) is 7. The Morgan fingerprint density at radius 1 is 1.19 bits per heavy atom. The van der Waals surface area contributed by atoms with E-state index in [0.717, 1.165) is 37.4 Å². The number of ether oxygens (including phenoxy) is 1. The maximum absolute atomic E-state index is 12.6. The van der Waals surface area contributed by atoms with Gasteiger partial charge in [0.15, 0.2) is 0 Å². The van der Waals surface area contributed by atoms with E-state index >= 15 is 0 Å². The van der Waals surface area contributed by atoms with Crippen LogP contribution in [0.15, 0.2) is 47.1 Å². The fourth-order valence-corrected chi connectivity index (χ4v) is 4.76. The summed E-state index contributed by atoms with van der Waals surface area (Å²) >= 11 is 3.15. The van der Waals surface area contributed by atoms with E-state index < -0.39 is 0 Å². The van der Waals surface area contributed by atoms with Gasteiger partial charge in [-0.15, -0.1) is 11.3 Å². The molecule has 7 heteroatoms. The molecule has 4 aromatic rings. The van der Waals surface area contributed by atoms with Crippen LogP contribution in [0.5, 0.6) is 0 Å². The lowest BCUT2D eigenvalue weighted by Gasteiger charge is -2.13. The van der Waals surface area contributed by atoms with Crippen molar-refractivity contribution in [3.05, 3.63) is 58.9 Å². The summed E-state index contributed by atoms with van der Waals surface area (Å²) in [6.07, 6.45) is 1.58. The topological polar surface area (TPSA) is 65.0 Å². The minimum absolute atomic E-state index is 0.327. The predicted octanol–water partition coefficient (Wildman–Crippen LogP) is 5.02. The molecule has 5 nitrogen and oxygen atoms in total. The molecule has 0 N–H and O–H groups in total. The maximum Gasteiger partial charge on any atom is 0.340 e. The minimum atomic E-state index is -0.327. The fraction of sp³-hybridized carbons (Fsp3) is 0.200. The van der Waals surface area contributed by atoms with Crippen LogP contribution in [0.3, 0.4) is 0 Å². The Bertz CT molecular complexity index is 1140. The van der Waals surface area contributed by atoms with Crippen LogP contribution >= 0.6 is 23.1 Å². The molecular weight excluding hydrogens is 378 g/mol. The van der Waals surface area contributed by atoms with Gasteiger partial charge in [-0.25, -0.2) is 14.8 Å². The van der Waals surface area contributed by atoms with E-state index in [9.17, 15) is 4.79 Å². The average molecular weight is 396 g/mol. The van der Waals surface area contributed by atoms with Gasteiger partial charge in [-0.2, -0.15) is 0 Å². The number of rotatable bonds is 5. The second-order valence-electron chi connectivity index (χ2n) is 5.90. The van der Waals surface area contributed by atoms with Gasteiger partial charge >= 0.3 is 5.97 Å². The lowest BCUT2D eigenvalue weighted by molar-refractivity contribution is 0.0524. The Morgan fingerprint density at radius 2 is 2.04 bits per heavy atom. The second kappa shape index (κ2) is 7.62. The number of para-hydroxylation sites is 1.